The summed E-state index contributed by atoms with van der Waals surface area (Å²) in [4.78, 5) is 17.9. The average Bonchev–Trinajstić information content (AvgIpc) is 3.21. The van der Waals surface area contributed by atoms with E-state index >= 15 is 0 Å². The number of aliphatic hydroxyl groups is 1. The van der Waals surface area contributed by atoms with Crippen molar-refractivity contribution < 1.29 is 14.3 Å². The van der Waals surface area contributed by atoms with Crippen molar-refractivity contribution in [2.75, 3.05) is 13.1 Å². The van der Waals surface area contributed by atoms with Crippen LogP contribution in [0.15, 0.2) is 34.8 Å². The largest absolute Gasteiger partial charge is 0.437 e. The van der Waals surface area contributed by atoms with Gasteiger partial charge in [-0.1, -0.05) is 12.1 Å². The number of rotatable bonds is 3. The van der Waals surface area contributed by atoms with Gasteiger partial charge >= 0.3 is 0 Å². The van der Waals surface area contributed by atoms with E-state index in [0.717, 1.165) is 18.4 Å². The van der Waals surface area contributed by atoms with Crippen LogP contribution in [0.1, 0.15) is 18.7 Å². The van der Waals surface area contributed by atoms with Gasteiger partial charge < -0.3 is 14.4 Å². The standard InChI is InChI=1S/C16H16N2O3/c19-15(18-9-16(20,10-18)11-5-6-11)8-7-14-17-12-3-1-2-4-13(12)21-14/h1-4,7-8,11,20H,5-6,9-10H2. The highest BCUT2D eigenvalue weighted by molar-refractivity contribution is 5.92. The van der Waals surface area contributed by atoms with Crippen LogP contribution < -0.4 is 0 Å². The summed E-state index contributed by atoms with van der Waals surface area (Å²) >= 11 is 0. The van der Waals surface area contributed by atoms with Crippen LogP contribution in [-0.2, 0) is 4.79 Å². The van der Waals surface area contributed by atoms with Gasteiger partial charge in [-0.05, 0) is 30.9 Å². The Balaban J connectivity index is 1.42. The van der Waals surface area contributed by atoms with Crippen LogP contribution in [0.2, 0.25) is 0 Å². The number of β-amino-alcohol motifs (C(OH)–C–C–N with tert-alkyl or cyclic N) is 1. The van der Waals surface area contributed by atoms with Gasteiger partial charge in [-0.25, -0.2) is 4.98 Å². The van der Waals surface area contributed by atoms with E-state index in [4.69, 9.17) is 4.42 Å². The fourth-order valence-corrected chi connectivity index (χ4v) is 2.86. The predicted molar refractivity (Wildman–Crippen MR) is 77.3 cm³/mol. The Labute approximate surface area is 121 Å². The zero-order valence-corrected chi connectivity index (χ0v) is 11.5. The van der Waals surface area contributed by atoms with Crippen LogP contribution in [-0.4, -0.2) is 39.6 Å². The van der Waals surface area contributed by atoms with Gasteiger partial charge in [-0.15, -0.1) is 0 Å². The second kappa shape index (κ2) is 4.43. The zero-order valence-electron chi connectivity index (χ0n) is 11.5. The monoisotopic (exact) mass is 284 g/mol. The lowest BCUT2D eigenvalue weighted by Gasteiger charge is -2.46. The van der Waals surface area contributed by atoms with Crippen LogP contribution in [0, 0.1) is 5.92 Å². The summed E-state index contributed by atoms with van der Waals surface area (Å²) in [6.45, 7) is 0.878. The van der Waals surface area contributed by atoms with Crippen LogP contribution >= 0.6 is 0 Å². The zero-order chi connectivity index (χ0) is 14.4. The van der Waals surface area contributed by atoms with Gasteiger partial charge in [0.25, 0.3) is 0 Å². The van der Waals surface area contributed by atoms with Gasteiger partial charge in [0.1, 0.15) is 11.1 Å². The Morgan fingerprint density at radius 1 is 1.38 bits per heavy atom. The number of aromatic nitrogens is 1. The molecule has 1 amide bonds. The SMILES string of the molecule is O=C(C=Cc1nc2ccccc2o1)N1CC(O)(C2CC2)C1. The van der Waals surface area contributed by atoms with E-state index in [1.807, 2.05) is 24.3 Å². The molecule has 0 unspecified atom stereocenters. The van der Waals surface area contributed by atoms with Crippen LogP contribution in [0.4, 0.5) is 0 Å². The fraction of sp³-hybridized carbons (Fsp3) is 0.375. The molecule has 108 valence electrons. The number of nitrogens with zero attached hydrogens (tertiary/aromatic N) is 2. The average molecular weight is 284 g/mol. The number of hydrogen-bond acceptors (Lipinski definition) is 4. The summed E-state index contributed by atoms with van der Waals surface area (Å²) in [6, 6.07) is 7.48. The number of fused-ring (bicyclic) bond motifs is 1. The van der Waals surface area contributed by atoms with E-state index in [-0.39, 0.29) is 5.91 Å². The number of amides is 1. The summed E-state index contributed by atoms with van der Waals surface area (Å²) < 4.78 is 5.52. The second-order valence-corrected chi connectivity index (χ2v) is 5.93. The van der Waals surface area contributed by atoms with Crippen molar-refractivity contribution in [2.24, 2.45) is 5.92 Å². The number of oxazole rings is 1. The third kappa shape index (κ3) is 2.23. The van der Waals surface area contributed by atoms with Gasteiger partial charge in [0, 0.05) is 12.2 Å². The molecule has 2 aliphatic rings. The van der Waals surface area contributed by atoms with Crippen LogP contribution in [0.5, 0.6) is 0 Å². The maximum atomic E-state index is 12.0. The van der Waals surface area contributed by atoms with Gasteiger partial charge in [0.05, 0.1) is 13.1 Å². The van der Waals surface area contributed by atoms with Gasteiger partial charge in [0.15, 0.2) is 5.58 Å². The lowest BCUT2D eigenvalue weighted by molar-refractivity contribution is -0.154. The van der Waals surface area contributed by atoms with Crippen molar-refractivity contribution in [1.29, 1.82) is 0 Å². The maximum Gasteiger partial charge on any atom is 0.246 e. The molecular formula is C16H16N2O3. The Hall–Kier alpha value is -2.14. The molecule has 5 nitrogen and oxygen atoms in total. The molecule has 0 bridgehead atoms. The number of carbonyl (C=O) groups excluding carboxylic acids is 1. The van der Waals surface area contributed by atoms with Crippen molar-refractivity contribution in [2.45, 2.75) is 18.4 Å². The highest BCUT2D eigenvalue weighted by atomic mass is 16.3. The first-order valence-corrected chi connectivity index (χ1v) is 7.19. The quantitative estimate of drug-likeness (QED) is 0.873. The summed E-state index contributed by atoms with van der Waals surface area (Å²) in [5.74, 6) is 0.702. The molecule has 1 aromatic heterocycles. The van der Waals surface area contributed by atoms with E-state index in [1.165, 1.54) is 6.08 Å². The number of para-hydroxylation sites is 2. The molecule has 0 atom stereocenters. The smallest absolute Gasteiger partial charge is 0.246 e. The molecule has 2 aromatic rings. The molecule has 1 aromatic carbocycles. The molecule has 1 aliphatic carbocycles. The van der Waals surface area contributed by atoms with Gasteiger partial charge in [0.2, 0.25) is 11.8 Å². The molecule has 1 aliphatic heterocycles. The summed E-state index contributed by atoms with van der Waals surface area (Å²) in [5.41, 5.74) is 0.842. The topological polar surface area (TPSA) is 66.6 Å². The lowest BCUT2D eigenvalue weighted by atomic mass is 9.88. The molecule has 1 saturated heterocycles. The van der Waals surface area contributed by atoms with E-state index in [2.05, 4.69) is 4.98 Å². The molecule has 5 heteroatoms. The highest BCUT2D eigenvalue weighted by Crippen LogP contribution is 2.44. The van der Waals surface area contributed by atoms with Crippen LogP contribution in [0.25, 0.3) is 17.2 Å². The molecule has 1 N–H and O–H groups in total. The first kappa shape index (κ1) is 12.6. The van der Waals surface area contributed by atoms with Crippen molar-refractivity contribution in [3.05, 3.63) is 36.2 Å². The minimum atomic E-state index is -0.638. The predicted octanol–water partition coefficient (Wildman–Crippen LogP) is 1.82. The third-order valence-corrected chi connectivity index (χ3v) is 4.26. The van der Waals surface area contributed by atoms with Crippen LogP contribution in [0.3, 0.4) is 0 Å². The first-order valence-electron chi connectivity index (χ1n) is 7.19. The van der Waals surface area contributed by atoms with Gasteiger partial charge in [-0.3, -0.25) is 4.79 Å². The second-order valence-electron chi connectivity index (χ2n) is 5.93. The third-order valence-electron chi connectivity index (χ3n) is 4.26. The Kier molecular flexibility index (Phi) is 2.65. The lowest BCUT2D eigenvalue weighted by Crippen LogP contribution is -2.64. The number of hydrogen-bond donors (Lipinski definition) is 1. The number of benzene rings is 1. The van der Waals surface area contributed by atoms with E-state index < -0.39 is 5.60 Å². The molecule has 2 heterocycles. The molecule has 0 spiro atoms. The van der Waals surface area contributed by atoms with Crippen molar-refractivity contribution in [3.63, 3.8) is 0 Å². The summed E-state index contributed by atoms with van der Waals surface area (Å²) in [7, 11) is 0. The van der Waals surface area contributed by atoms with E-state index in [0.29, 0.717) is 30.5 Å². The Morgan fingerprint density at radius 3 is 2.86 bits per heavy atom. The van der Waals surface area contributed by atoms with Crippen molar-refractivity contribution in [3.8, 4) is 0 Å². The minimum Gasteiger partial charge on any atom is -0.437 e. The molecule has 1 saturated carbocycles. The Morgan fingerprint density at radius 2 is 2.14 bits per heavy atom. The fourth-order valence-electron chi connectivity index (χ4n) is 2.86. The molecular weight excluding hydrogens is 268 g/mol. The van der Waals surface area contributed by atoms with Gasteiger partial charge in [-0.2, -0.15) is 0 Å². The molecule has 21 heavy (non-hydrogen) atoms. The minimum absolute atomic E-state index is 0.109. The maximum absolute atomic E-state index is 12.0. The first-order chi connectivity index (χ1) is 10.1. The van der Waals surface area contributed by atoms with E-state index in [9.17, 15) is 9.90 Å². The highest BCUT2D eigenvalue weighted by Gasteiger charge is 2.52. The Bertz CT molecular complexity index is 691. The van der Waals surface area contributed by atoms with Crippen molar-refractivity contribution in [1.82, 2.24) is 9.88 Å². The van der Waals surface area contributed by atoms with E-state index in [1.54, 1.807) is 11.0 Å². The molecule has 0 radical (unpaired) electrons. The molecule has 4 rings (SSSR count). The summed E-state index contributed by atoms with van der Waals surface area (Å²) in [6.07, 6.45) is 5.20. The van der Waals surface area contributed by atoms with Crippen molar-refractivity contribution >= 4 is 23.1 Å². The summed E-state index contributed by atoms with van der Waals surface area (Å²) in [5, 5.41) is 10.2. The number of likely N-dealkylation sites (tertiary alicyclic amines) is 1. The normalized spacial score (nSPS) is 20.9. The molecule has 2 fully saturated rings. The number of carbonyl (C=O) groups is 1.